The summed E-state index contributed by atoms with van der Waals surface area (Å²) in [5.74, 6) is 1.48. The smallest absolute Gasteiger partial charge is 0.224 e. The van der Waals surface area contributed by atoms with E-state index in [-0.39, 0.29) is 5.91 Å². The molecule has 28 heavy (non-hydrogen) atoms. The van der Waals surface area contributed by atoms with Crippen LogP contribution in [-0.4, -0.2) is 13.0 Å². The van der Waals surface area contributed by atoms with Crippen LogP contribution in [0.3, 0.4) is 0 Å². The number of ether oxygens (including phenoxy) is 1. The Kier molecular flexibility index (Phi) is 6.56. The summed E-state index contributed by atoms with van der Waals surface area (Å²) in [5.41, 5.74) is 2.82. The van der Waals surface area contributed by atoms with Gasteiger partial charge in [0.25, 0.3) is 0 Å². The number of carbonyl (C=O) groups is 1. The predicted octanol–water partition coefficient (Wildman–Crippen LogP) is 6.12. The van der Waals surface area contributed by atoms with Gasteiger partial charge in [0.1, 0.15) is 5.75 Å². The molecule has 0 fully saturated rings. The fraction of sp³-hybridized carbons (Fsp3) is 0.174. The van der Waals surface area contributed by atoms with Crippen molar-refractivity contribution in [1.82, 2.24) is 0 Å². The first-order valence-corrected chi connectivity index (χ1v) is 9.56. The average molecular weight is 395 g/mol. The number of carbonyl (C=O) groups excluding carboxylic acids is 1. The van der Waals surface area contributed by atoms with Crippen molar-refractivity contribution < 1.29 is 9.53 Å². The Labute approximate surface area is 170 Å². The van der Waals surface area contributed by atoms with E-state index in [9.17, 15) is 4.79 Å². The lowest BCUT2D eigenvalue weighted by Crippen LogP contribution is -2.19. The maximum atomic E-state index is 11.8. The van der Waals surface area contributed by atoms with Crippen LogP contribution in [0.15, 0.2) is 72.8 Å². The zero-order valence-corrected chi connectivity index (χ0v) is 16.7. The van der Waals surface area contributed by atoms with Gasteiger partial charge in [-0.2, -0.15) is 0 Å². The molecule has 0 aliphatic carbocycles. The molecule has 0 saturated heterocycles. The first-order chi connectivity index (χ1) is 13.6. The fourth-order valence-electron chi connectivity index (χ4n) is 2.85. The van der Waals surface area contributed by atoms with E-state index in [4.69, 9.17) is 16.3 Å². The number of benzene rings is 3. The summed E-state index contributed by atoms with van der Waals surface area (Å²) in [6, 6.07) is 23.0. The minimum Gasteiger partial charge on any atom is -0.455 e. The summed E-state index contributed by atoms with van der Waals surface area (Å²) in [4.78, 5) is 13.9. The van der Waals surface area contributed by atoms with Crippen LogP contribution in [0.25, 0.3) is 0 Å². The second-order valence-corrected chi connectivity index (χ2v) is 6.88. The molecule has 0 unspecified atom stereocenters. The quantitative estimate of drug-likeness (QED) is 0.525. The zero-order valence-electron chi connectivity index (χ0n) is 16.0. The first-order valence-electron chi connectivity index (χ1n) is 9.18. The third-order valence-electron chi connectivity index (χ3n) is 4.34. The Hall–Kier alpha value is -2.98. The molecule has 0 spiro atoms. The first kappa shape index (κ1) is 19.8. The molecule has 0 radical (unpaired) electrons. The third-order valence-corrected chi connectivity index (χ3v) is 4.59. The summed E-state index contributed by atoms with van der Waals surface area (Å²) in [5, 5.41) is 3.64. The molecule has 0 aliphatic heterocycles. The van der Waals surface area contributed by atoms with E-state index in [0.717, 1.165) is 28.4 Å². The van der Waals surface area contributed by atoms with Gasteiger partial charge in [0.2, 0.25) is 5.91 Å². The fourth-order valence-corrected chi connectivity index (χ4v) is 2.97. The largest absolute Gasteiger partial charge is 0.455 e. The number of halogens is 1. The Bertz CT molecular complexity index is 941. The van der Waals surface area contributed by atoms with E-state index in [0.29, 0.717) is 18.0 Å². The number of hydrogen-bond donors (Lipinski definition) is 1. The number of anilines is 2. The van der Waals surface area contributed by atoms with Gasteiger partial charge in [0, 0.05) is 30.7 Å². The van der Waals surface area contributed by atoms with E-state index < -0.39 is 0 Å². The number of rotatable bonds is 7. The minimum absolute atomic E-state index is 0.00146. The molecular formula is C23H23ClN2O2. The number of nitrogens with one attached hydrogen (secondary N) is 1. The van der Waals surface area contributed by atoms with Gasteiger partial charge in [0.15, 0.2) is 5.75 Å². The van der Waals surface area contributed by atoms with Crippen LogP contribution in [-0.2, 0) is 11.3 Å². The predicted molar refractivity (Wildman–Crippen MR) is 115 cm³/mol. The third kappa shape index (κ3) is 5.05. The van der Waals surface area contributed by atoms with Crippen LogP contribution in [0.4, 0.5) is 11.4 Å². The van der Waals surface area contributed by atoms with Crippen molar-refractivity contribution in [2.45, 2.75) is 19.9 Å². The van der Waals surface area contributed by atoms with Crippen LogP contribution in [0.1, 0.15) is 18.9 Å². The molecule has 0 bridgehead atoms. The van der Waals surface area contributed by atoms with E-state index in [1.165, 1.54) is 0 Å². The molecule has 3 aromatic rings. The summed E-state index contributed by atoms with van der Waals surface area (Å²) in [6.45, 7) is 2.47. The van der Waals surface area contributed by atoms with Gasteiger partial charge in [-0.25, -0.2) is 0 Å². The van der Waals surface area contributed by atoms with Crippen LogP contribution >= 0.6 is 11.6 Å². The Balaban J connectivity index is 1.81. The van der Waals surface area contributed by atoms with Gasteiger partial charge in [-0.3, -0.25) is 4.79 Å². The van der Waals surface area contributed by atoms with Gasteiger partial charge in [0.05, 0.1) is 5.69 Å². The SMILES string of the molecule is CCC(=O)Nc1ccccc1CN(C)c1ccccc1Oc1ccc(Cl)cc1. The second kappa shape index (κ2) is 9.29. The van der Waals surface area contributed by atoms with Crippen molar-refractivity contribution >= 4 is 28.9 Å². The highest BCUT2D eigenvalue weighted by molar-refractivity contribution is 6.30. The summed E-state index contributed by atoms with van der Waals surface area (Å²) >= 11 is 5.95. The number of hydrogen-bond acceptors (Lipinski definition) is 3. The number of amides is 1. The Morgan fingerprint density at radius 1 is 1.00 bits per heavy atom. The normalized spacial score (nSPS) is 10.4. The lowest BCUT2D eigenvalue weighted by molar-refractivity contribution is -0.115. The molecule has 3 rings (SSSR count). The van der Waals surface area contributed by atoms with Crippen LogP contribution in [0, 0.1) is 0 Å². The van der Waals surface area contributed by atoms with Crippen molar-refractivity contribution in [2.75, 3.05) is 17.3 Å². The minimum atomic E-state index is 0.00146. The van der Waals surface area contributed by atoms with Crippen molar-refractivity contribution in [2.24, 2.45) is 0 Å². The molecule has 4 nitrogen and oxygen atoms in total. The maximum Gasteiger partial charge on any atom is 0.224 e. The standard InChI is InChI=1S/C23H23ClN2O2/c1-3-23(27)25-20-9-5-4-8-17(20)16-26(2)21-10-6-7-11-22(21)28-19-14-12-18(24)13-15-19/h4-15H,3,16H2,1-2H3,(H,25,27). The second-order valence-electron chi connectivity index (χ2n) is 6.44. The van der Waals surface area contributed by atoms with Crippen LogP contribution < -0.4 is 15.0 Å². The van der Waals surface area contributed by atoms with E-state index in [1.807, 2.05) is 74.6 Å². The van der Waals surface area contributed by atoms with Crippen molar-refractivity contribution in [3.8, 4) is 11.5 Å². The van der Waals surface area contributed by atoms with Crippen LogP contribution in [0.5, 0.6) is 11.5 Å². The summed E-state index contributed by atoms with van der Waals surface area (Å²) in [6.07, 6.45) is 0.446. The Morgan fingerprint density at radius 3 is 2.43 bits per heavy atom. The molecule has 144 valence electrons. The van der Waals surface area contributed by atoms with Crippen molar-refractivity contribution in [1.29, 1.82) is 0 Å². The van der Waals surface area contributed by atoms with E-state index in [2.05, 4.69) is 10.2 Å². The molecule has 0 saturated carbocycles. The number of para-hydroxylation sites is 3. The van der Waals surface area contributed by atoms with Crippen molar-refractivity contribution in [3.05, 3.63) is 83.4 Å². The topological polar surface area (TPSA) is 41.6 Å². The van der Waals surface area contributed by atoms with Gasteiger partial charge in [-0.05, 0) is 48.0 Å². The molecule has 0 aromatic heterocycles. The van der Waals surface area contributed by atoms with E-state index >= 15 is 0 Å². The number of nitrogens with zero attached hydrogens (tertiary/aromatic N) is 1. The van der Waals surface area contributed by atoms with Crippen molar-refractivity contribution in [3.63, 3.8) is 0 Å². The molecule has 1 N–H and O–H groups in total. The molecule has 5 heteroatoms. The summed E-state index contributed by atoms with van der Waals surface area (Å²) < 4.78 is 6.07. The highest BCUT2D eigenvalue weighted by Crippen LogP contribution is 2.33. The van der Waals surface area contributed by atoms with E-state index in [1.54, 1.807) is 12.1 Å². The Morgan fingerprint density at radius 2 is 1.68 bits per heavy atom. The zero-order chi connectivity index (χ0) is 19.9. The molecule has 0 atom stereocenters. The molecule has 0 aliphatic rings. The molecule has 3 aromatic carbocycles. The molecule has 0 heterocycles. The lowest BCUT2D eigenvalue weighted by Gasteiger charge is -2.23. The lowest BCUT2D eigenvalue weighted by atomic mass is 10.1. The van der Waals surface area contributed by atoms with Crippen LogP contribution in [0.2, 0.25) is 5.02 Å². The molecular weight excluding hydrogens is 372 g/mol. The van der Waals surface area contributed by atoms with Gasteiger partial charge in [-0.1, -0.05) is 48.9 Å². The van der Waals surface area contributed by atoms with Gasteiger partial charge >= 0.3 is 0 Å². The van der Waals surface area contributed by atoms with Gasteiger partial charge in [-0.15, -0.1) is 0 Å². The summed E-state index contributed by atoms with van der Waals surface area (Å²) in [7, 11) is 2.00. The van der Waals surface area contributed by atoms with Gasteiger partial charge < -0.3 is 15.0 Å². The monoisotopic (exact) mass is 394 g/mol. The average Bonchev–Trinajstić information content (AvgIpc) is 2.71. The highest BCUT2D eigenvalue weighted by Gasteiger charge is 2.12. The highest BCUT2D eigenvalue weighted by atomic mass is 35.5. The molecule has 1 amide bonds. The maximum absolute atomic E-state index is 11.8.